The van der Waals surface area contributed by atoms with Gasteiger partial charge >= 0.3 is 0 Å². The predicted octanol–water partition coefficient (Wildman–Crippen LogP) is 4.81. The Labute approximate surface area is 156 Å². The van der Waals surface area contributed by atoms with Crippen molar-refractivity contribution in [3.05, 3.63) is 71.8 Å². The van der Waals surface area contributed by atoms with Crippen LogP contribution in [0.2, 0.25) is 0 Å². The number of hydrogen-bond donors (Lipinski definition) is 1. The first-order chi connectivity index (χ1) is 12.6. The van der Waals surface area contributed by atoms with Gasteiger partial charge in [0.1, 0.15) is 0 Å². The number of nitrogens with one attached hydrogen (secondary N) is 1. The molecule has 1 heterocycles. The number of anilines is 1. The van der Waals surface area contributed by atoms with Crippen LogP contribution in [0.5, 0.6) is 0 Å². The molecule has 0 spiro atoms. The molecular weight excluding hydrogens is 320 g/mol. The van der Waals surface area contributed by atoms with Crippen molar-refractivity contribution in [1.82, 2.24) is 5.32 Å². The van der Waals surface area contributed by atoms with Gasteiger partial charge in [-0.25, -0.2) is 0 Å². The summed E-state index contributed by atoms with van der Waals surface area (Å²) in [5.41, 5.74) is 3.43. The van der Waals surface area contributed by atoms with E-state index in [9.17, 15) is 4.79 Å². The van der Waals surface area contributed by atoms with Crippen molar-refractivity contribution in [2.24, 2.45) is 5.92 Å². The van der Waals surface area contributed by atoms with Crippen LogP contribution in [0.25, 0.3) is 6.08 Å². The molecule has 2 atom stereocenters. The molecule has 0 radical (unpaired) electrons. The third-order valence-corrected chi connectivity index (χ3v) is 5.00. The summed E-state index contributed by atoms with van der Waals surface area (Å²) in [5, 5.41) is 3.03. The van der Waals surface area contributed by atoms with E-state index in [1.807, 2.05) is 43.3 Å². The second-order valence-electron chi connectivity index (χ2n) is 7.26. The van der Waals surface area contributed by atoms with Gasteiger partial charge in [0.05, 0.1) is 6.04 Å². The largest absolute Gasteiger partial charge is 0.371 e. The van der Waals surface area contributed by atoms with Crippen molar-refractivity contribution in [3.63, 3.8) is 0 Å². The van der Waals surface area contributed by atoms with Crippen molar-refractivity contribution in [2.45, 2.75) is 32.7 Å². The highest BCUT2D eigenvalue weighted by Crippen LogP contribution is 2.24. The molecule has 1 fully saturated rings. The number of benzene rings is 2. The Balaban J connectivity index is 1.56. The van der Waals surface area contributed by atoms with E-state index in [0.717, 1.165) is 30.1 Å². The van der Waals surface area contributed by atoms with Crippen LogP contribution in [0.15, 0.2) is 60.7 Å². The lowest BCUT2D eigenvalue weighted by Crippen LogP contribution is -2.34. The standard InChI is InChI=1S/C23H28N2O/c1-18-7-6-16-25(17-18)22-13-11-21(12-14-22)19(2)24-23(26)15-10-20-8-4-3-5-9-20/h3-5,8-15,18-19H,6-7,16-17H2,1-2H3,(H,24,26)/b15-10+/t18-,19+/m0/s1. The minimum absolute atomic E-state index is 0.0164. The van der Waals surface area contributed by atoms with Crippen LogP contribution in [-0.4, -0.2) is 19.0 Å². The Kier molecular flexibility index (Phi) is 6.11. The van der Waals surface area contributed by atoms with Crippen molar-refractivity contribution in [1.29, 1.82) is 0 Å². The van der Waals surface area contributed by atoms with Gasteiger partial charge < -0.3 is 10.2 Å². The third kappa shape index (κ3) is 4.98. The number of amides is 1. The normalized spacial score (nSPS) is 18.7. The molecule has 3 nitrogen and oxygen atoms in total. The Bertz CT molecular complexity index is 737. The maximum atomic E-state index is 12.1. The molecule has 2 aromatic carbocycles. The van der Waals surface area contributed by atoms with Gasteiger partial charge in [-0.3, -0.25) is 4.79 Å². The fraction of sp³-hybridized carbons (Fsp3) is 0.348. The third-order valence-electron chi connectivity index (χ3n) is 5.00. The van der Waals surface area contributed by atoms with Gasteiger partial charge in [0.15, 0.2) is 0 Å². The van der Waals surface area contributed by atoms with Gasteiger partial charge in [-0.05, 0) is 55.0 Å². The van der Waals surface area contributed by atoms with E-state index in [1.54, 1.807) is 6.08 Å². The maximum Gasteiger partial charge on any atom is 0.244 e. The fourth-order valence-corrected chi connectivity index (χ4v) is 3.48. The Hall–Kier alpha value is -2.55. The molecule has 0 unspecified atom stereocenters. The number of nitrogens with zero attached hydrogens (tertiary/aromatic N) is 1. The van der Waals surface area contributed by atoms with Gasteiger partial charge in [-0.1, -0.05) is 49.4 Å². The van der Waals surface area contributed by atoms with E-state index in [-0.39, 0.29) is 11.9 Å². The lowest BCUT2D eigenvalue weighted by Gasteiger charge is -2.33. The van der Waals surface area contributed by atoms with E-state index in [0.29, 0.717) is 0 Å². The molecule has 1 saturated heterocycles. The number of carbonyl (C=O) groups excluding carboxylic acids is 1. The average molecular weight is 348 g/mol. The van der Waals surface area contributed by atoms with Crippen molar-refractivity contribution in [2.75, 3.05) is 18.0 Å². The second-order valence-corrected chi connectivity index (χ2v) is 7.26. The number of rotatable bonds is 5. The first kappa shape index (κ1) is 18.2. The highest BCUT2D eigenvalue weighted by Gasteiger charge is 2.17. The molecular formula is C23H28N2O. The highest BCUT2D eigenvalue weighted by molar-refractivity contribution is 5.91. The Morgan fingerprint density at radius 2 is 1.88 bits per heavy atom. The quantitative estimate of drug-likeness (QED) is 0.786. The van der Waals surface area contributed by atoms with Crippen molar-refractivity contribution < 1.29 is 4.79 Å². The average Bonchev–Trinajstić information content (AvgIpc) is 2.67. The molecule has 0 aliphatic carbocycles. The van der Waals surface area contributed by atoms with Crippen molar-refractivity contribution >= 4 is 17.7 Å². The smallest absolute Gasteiger partial charge is 0.244 e. The van der Waals surface area contributed by atoms with E-state index in [4.69, 9.17) is 0 Å². The molecule has 0 saturated carbocycles. The van der Waals surface area contributed by atoms with E-state index >= 15 is 0 Å². The number of carbonyl (C=O) groups is 1. The van der Waals surface area contributed by atoms with Crippen LogP contribution in [0, 0.1) is 5.92 Å². The van der Waals surface area contributed by atoms with Crippen LogP contribution in [0.1, 0.15) is 43.9 Å². The summed E-state index contributed by atoms with van der Waals surface area (Å²) in [5.74, 6) is 0.688. The molecule has 1 N–H and O–H groups in total. The monoisotopic (exact) mass is 348 g/mol. The fourth-order valence-electron chi connectivity index (χ4n) is 3.48. The molecule has 0 bridgehead atoms. The van der Waals surface area contributed by atoms with Gasteiger partial charge in [0.25, 0.3) is 0 Å². The van der Waals surface area contributed by atoms with Crippen LogP contribution in [0.3, 0.4) is 0 Å². The molecule has 1 amide bonds. The molecule has 136 valence electrons. The maximum absolute atomic E-state index is 12.1. The van der Waals surface area contributed by atoms with E-state index in [1.165, 1.54) is 18.5 Å². The van der Waals surface area contributed by atoms with Crippen LogP contribution in [0.4, 0.5) is 5.69 Å². The topological polar surface area (TPSA) is 32.3 Å². The summed E-state index contributed by atoms with van der Waals surface area (Å²) >= 11 is 0. The lowest BCUT2D eigenvalue weighted by molar-refractivity contribution is -0.117. The molecule has 26 heavy (non-hydrogen) atoms. The molecule has 0 aromatic heterocycles. The number of hydrogen-bond acceptors (Lipinski definition) is 2. The van der Waals surface area contributed by atoms with Crippen LogP contribution in [-0.2, 0) is 4.79 Å². The number of piperidine rings is 1. The zero-order chi connectivity index (χ0) is 18.4. The van der Waals surface area contributed by atoms with Crippen LogP contribution >= 0.6 is 0 Å². The minimum atomic E-state index is -0.0738. The highest BCUT2D eigenvalue weighted by atomic mass is 16.1. The summed E-state index contributed by atoms with van der Waals surface area (Å²) in [6.45, 7) is 6.61. The first-order valence-corrected chi connectivity index (χ1v) is 9.50. The summed E-state index contributed by atoms with van der Waals surface area (Å²) in [6.07, 6.45) is 6.02. The summed E-state index contributed by atoms with van der Waals surface area (Å²) < 4.78 is 0. The molecule has 3 rings (SSSR count). The van der Waals surface area contributed by atoms with E-state index < -0.39 is 0 Å². The lowest BCUT2D eigenvalue weighted by atomic mass is 9.99. The second kappa shape index (κ2) is 8.70. The SMILES string of the molecule is C[C@H]1CCCN(c2ccc([C@@H](C)NC(=O)/C=C/c3ccccc3)cc2)C1. The summed E-state index contributed by atoms with van der Waals surface area (Å²) in [7, 11) is 0. The first-order valence-electron chi connectivity index (χ1n) is 9.50. The van der Waals surface area contributed by atoms with Gasteiger partial charge in [-0.2, -0.15) is 0 Å². The predicted molar refractivity (Wildman–Crippen MR) is 109 cm³/mol. The van der Waals surface area contributed by atoms with Gasteiger partial charge in [-0.15, -0.1) is 0 Å². The van der Waals surface area contributed by atoms with Crippen LogP contribution < -0.4 is 10.2 Å². The molecule has 1 aliphatic heterocycles. The van der Waals surface area contributed by atoms with Gasteiger partial charge in [0, 0.05) is 24.9 Å². The Morgan fingerprint density at radius 3 is 2.58 bits per heavy atom. The zero-order valence-electron chi connectivity index (χ0n) is 15.7. The minimum Gasteiger partial charge on any atom is -0.371 e. The van der Waals surface area contributed by atoms with Crippen molar-refractivity contribution in [3.8, 4) is 0 Å². The molecule has 2 aromatic rings. The van der Waals surface area contributed by atoms with Gasteiger partial charge in [0.2, 0.25) is 5.91 Å². The summed E-state index contributed by atoms with van der Waals surface area (Å²) in [6, 6.07) is 18.4. The molecule has 3 heteroatoms. The molecule has 1 aliphatic rings. The zero-order valence-corrected chi connectivity index (χ0v) is 15.7. The van der Waals surface area contributed by atoms with E-state index in [2.05, 4.69) is 41.4 Å². The summed E-state index contributed by atoms with van der Waals surface area (Å²) in [4.78, 5) is 14.6. The Morgan fingerprint density at radius 1 is 1.15 bits per heavy atom.